The topological polar surface area (TPSA) is 30.7 Å². The van der Waals surface area contributed by atoms with Crippen molar-refractivity contribution in [2.45, 2.75) is 19.9 Å². The summed E-state index contributed by atoms with van der Waals surface area (Å²) >= 11 is 0. The van der Waals surface area contributed by atoms with Crippen LogP contribution in [-0.4, -0.2) is 14.8 Å². The molecule has 0 saturated carbocycles. The largest absolute Gasteiger partial charge is 0.318 e. The Bertz CT molecular complexity index is 670. The number of nitrogens with zero attached hydrogens (tertiary/aromatic N) is 3. The third-order valence-electron chi connectivity index (χ3n) is 3.21. The molecule has 90 valence electrons. The van der Waals surface area contributed by atoms with E-state index in [4.69, 9.17) is 0 Å². The van der Waals surface area contributed by atoms with Crippen LogP contribution in [0.25, 0.3) is 10.8 Å². The van der Waals surface area contributed by atoms with Gasteiger partial charge in [-0.1, -0.05) is 42.5 Å². The van der Waals surface area contributed by atoms with Gasteiger partial charge in [0.2, 0.25) is 0 Å². The highest BCUT2D eigenvalue weighted by Crippen LogP contribution is 2.17. The predicted octanol–water partition coefficient (Wildman–Crippen LogP) is 3.04. The van der Waals surface area contributed by atoms with Crippen molar-refractivity contribution in [3.63, 3.8) is 0 Å². The van der Waals surface area contributed by atoms with Crippen molar-refractivity contribution in [3.8, 4) is 0 Å². The summed E-state index contributed by atoms with van der Waals surface area (Å²) in [5.41, 5.74) is 1.27. The van der Waals surface area contributed by atoms with Crippen LogP contribution in [0, 0.1) is 0 Å². The van der Waals surface area contributed by atoms with E-state index >= 15 is 0 Å². The number of benzene rings is 2. The summed E-state index contributed by atoms with van der Waals surface area (Å²) in [6.07, 6.45) is 2.62. The summed E-state index contributed by atoms with van der Waals surface area (Å²) in [7, 11) is 0. The molecule has 0 aliphatic heterocycles. The summed E-state index contributed by atoms with van der Waals surface area (Å²) in [5, 5.41) is 10.7. The minimum atomic E-state index is 0.832. The van der Waals surface area contributed by atoms with Crippen LogP contribution < -0.4 is 0 Å². The molecule has 0 aliphatic rings. The van der Waals surface area contributed by atoms with Crippen LogP contribution in [0.2, 0.25) is 0 Å². The third-order valence-corrected chi connectivity index (χ3v) is 3.21. The molecule has 3 nitrogen and oxygen atoms in total. The lowest BCUT2D eigenvalue weighted by Crippen LogP contribution is -2.01. The van der Waals surface area contributed by atoms with E-state index in [9.17, 15) is 0 Å². The van der Waals surface area contributed by atoms with Gasteiger partial charge in [0.05, 0.1) is 0 Å². The van der Waals surface area contributed by atoms with Gasteiger partial charge in [-0.15, -0.1) is 10.2 Å². The summed E-state index contributed by atoms with van der Waals surface area (Å²) < 4.78 is 2.08. The quantitative estimate of drug-likeness (QED) is 0.701. The van der Waals surface area contributed by atoms with Crippen molar-refractivity contribution in [1.82, 2.24) is 14.8 Å². The predicted molar refractivity (Wildman–Crippen MR) is 72.5 cm³/mol. The number of hydrogen-bond acceptors (Lipinski definition) is 2. The first-order valence-electron chi connectivity index (χ1n) is 6.21. The Hall–Kier alpha value is -2.16. The van der Waals surface area contributed by atoms with Gasteiger partial charge in [0.1, 0.15) is 12.2 Å². The van der Waals surface area contributed by atoms with E-state index in [0.717, 1.165) is 18.8 Å². The van der Waals surface area contributed by atoms with Gasteiger partial charge in [0.25, 0.3) is 0 Å². The fourth-order valence-corrected chi connectivity index (χ4v) is 2.21. The molecule has 1 aromatic heterocycles. The SMILES string of the molecule is CCn1cnnc1Cc1ccc2ccccc2c1. The first-order valence-corrected chi connectivity index (χ1v) is 6.21. The zero-order valence-electron chi connectivity index (χ0n) is 10.4. The maximum Gasteiger partial charge on any atom is 0.137 e. The molecule has 3 rings (SSSR count). The van der Waals surface area contributed by atoms with Crippen molar-refractivity contribution in [1.29, 1.82) is 0 Å². The highest BCUT2D eigenvalue weighted by molar-refractivity contribution is 5.83. The Kier molecular flexibility index (Phi) is 2.81. The molecule has 0 N–H and O–H groups in total. The normalized spacial score (nSPS) is 10.9. The lowest BCUT2D eigenvalue weighted by Gasteiger charge is -2.05. The monoisotopic (exact) mass is 237 g/mol. The second-order valence-electron chi connectivity index (χ2n) is 4.39. The Morgan fingerprint density at radius 1 is 1.06 bits per heavy atom. The fourth-order valence-electron chi connectivity index (χ4n) is 2.21. The molecule has 3 heteroatoms. The van der Waals surface area contributed by atoms with Gasteiger partial charge in [-0.2, -0.15) is 0 Å². The maximum atomic E-state index is 4.18. The standard InChI is InChI=1S/C15H15N3/c1-2-18-11-16-17-15(18)10-12-7-8-13-5-3-4-6-14(13)9-12/h3-9,11H,2,10H2,1H3. The Balaban J connectivity index is 1.95. The van der Waals surface area contributed by atoms with Crippen LogP contribution in [0.5, 0.6) is 0 Å². The van der Waals surface area contributed by atoms with Crippen LogP contribution >= 0.6 is 0 Å². The average Bonchev–Trinajstić information content (AvgIpc) is 2.86. The second kappa shape index (κ2) is 4.61. The lowest BCUT2D eigenvalue weighted by atomic mass is 10.0. The van der Waals surface area contributed by atoms with Crippen molar-refractivity contribution in [3.05, 3.63) is 60.2 Å². The molecule has 1 heterocycles. The first kappa shape index (κ1) is 11.0. The van der Waals surface area contributed by atoms with Crippen LogP contribution in [0.3, 0.4) is 0 Å². The number of fused-ring (bicyclic) bond motifs is 1. The number of aryl methyl sites for hydroxylation is 1. The Morgan fingerprint density at radius 2 is 1.89 bits per heavy atom. The molecular weight excluding hydrogens is 222 g/mol. The van der Waals surface area contributed by atoms with E-state index in [0.29, 0.717) is 0 Å². The van der Waals surface area contributed by atoms with E-state index in [1.807, 2.05) is 0 Å². The smallest absolute Gasteiger partial charge is 0.137 e. The molecule has 0 atom stereocenters. The summed E-state index contributed by atoms with van der Waals surface area (Å²) in [4.78, 5) is 0. The third kappa shape index (κ3) is 1.99. The molecule has 0 bridgehead atoms. The highest BCUT2D eigenvalue weighted by atomic mass is 15.3. The molecule has 0 saturated heterocycles. The summed E-state index contributed by atoms with van der Waals surface area (Å²) in [6.45, 7) is 3.02. The second-order valence-corrected chi connectivity index (χ2v) is 4.39. The van der Waals surface area contributed by atoms with Gasteiger partial charge in [0.15, 0.2) is 0 Å². The summed E-state index contributed by atoms with van der Waals surface area (Å²) in [6, 6.07) is 15.0. The van der Waals surface area contributed by atoms with Crippen LogP contribution in [-0.2, 0) is 13.0 Å². The van der Waals surface area contributed by atoms with E-state index in [2.05, 4.69) is 64.2 Å². The number of hydrogen-bond donors (Lipinski definition) is 0. The van der Waals surface area contributed by atoms with Gasteiger partial charge in [0, 0.05) is 13.0 Å². The summed E-state index contributed by atoms with van der Waals surface area (Å²) in [5.74, 6) is 1.02. The minimum Gasteiger partial charge on any atom is -0.318 e. The van der Waals surface area contributed by atoms with Crippen molar-refractivity contribution in [2.75, 3.05) is 0 Å². The molecule has 3 aromatic rings. The molecule has 0 spiro atoms. The first-order chi connectivity index (χ1) is 8.86. The van der Waals surface area contributed by atoms with Gasteiger partial charge in [-0.25, -0.2) is 0 Å². The highest BCUT2D eigenvalue weighted by Gasteiger charge is 2.04. The molecule has 0 unspecified atom stereocenters. The molecule has 0 fully saturated rings. The average molecular weight is 237 g/mol. The van der Waals surface area contributed by atoms with E-state index in [-0.39, 0.29) is 0 Å². The molecule has 18 heavy (non-hydrogen) atoms. The fraction of sp³-hybridized carbons (Fsp3) is 0.200. The van der Waals surface area contributed by atoms with Crippen LogP contribution in [0.15, 0.2) is 48.8 Å². The molecule has 2 aromatic carbocycles. The van der Waals surface area contributed by atoms with Crippen molar-refractivity contribution >= 4 is 10.8 Å². The van der Waals surface area contributed by atoms with Gasteiger partial charge >= 0.3 is 0 Å². The van der Waals surface area contributed by atoms with E-state index < -0.39 is 0 Å². The van der Waals surface area contributed by atoms with Gasteiger partial charge in [-0.05, 0) is 23.3 Å². The van der Waals surface area contributed by atoms with Crippen molar-refractivity contribution < 1.29 is 0 Å². The molecule has 0 radical (unpaired) electrons. The Morgan fingerprint density at radius 3 is 2.72 bits per heavy atom. The van der Waals surface area contributed by atoms with Crippen LogP contribution in [0.4, 0.5) is 0 Å². The van der Waals surface area contributed by atoms with E-state index in [1.165, 1.54) is 16.3 Å². The number of aromatic nitrogens is 3. The van der Waals surface area contributed by atoms with Crippen LogP contribution in [0.1, 0.15) is 18.3 Å². The Labute approximate surface area is 106 Å². The maximum absolute atomic E-state index is 4.18. The zero-order valence-corrected chi connectivity index (χ0v) is 10.4. The molecular formula is C15H15N3. The minimum absolute atomic E-state index is 0.832. The molecule has 0 aliphatic carbocycles. The number of rotatable bonds is 3. The van der Waals surface area contributed by atoms with Gasteiger partial charge in [-0.3, -0.25) is 0 Å². The van der Waals surface area contributed by atoms with E-state index in [1.54, 1.807) is 6.33 Å². The van der Waals surface area contributed by atoms with Crippen molar-refractivity contribution in [2.24, 2.45) is 0 Å². The molecule has 0 amide bonds. The van der Waals surface area contributed by atoms with Gasteiger partial charge < -0.3 is 4.57 Å². The zero-order chi connectivity index (χ0) is 12.4. The lowest BCUT2D eigenvalue weighted by molar-refractivity contribution is 0.712.